The molecule has 1 aromatic carbocycles. The molecule has 1 aromatic rings. The summed E-state index contributed by atoms with van der Waals surface area (Å²) >= 11 is 8.89. The van der Waals surface area contributed by atoms with Gasteiger partial charge in [0.2, 0.25) is 0 Å². The summed E-state index contributed by atoms with van der Waals surface area (Å²) in [5.74, 6) is 1.40. The predicted octanol–water partition coefficient (Wildman–Crippen LogP) is 4.31. The molecule has 1 saturated carbocycles. The van der Waals surface area contributed by atoms with Gasteiger partial charge in [0, 0.05) is 17.7 Å². The van der Waals surface area contributed by atoms with Gasteiger partial charge in [0.15, 0.2) is 0 Å². The van der Waals surface area contributed by atoms with Crippen molar-refractivity contribution in [1.29, 1.82) is 0 Å². The quantitative estimate of drug-likeness (QED) is 0.840. The van der Waals surface area contributed by atoms with Crippen molar-refractivity contribution < 1.29 is 4.74 Å². The van der Waals surface area contributed by atoms with Gasteiger partial charge in [-0.3, -0.25) is 0 Å². The lowest BCUT2D eigenvalue weighted by Gasteiger charge is -2.27. The average Bonchev–Trinajstić information content (AvgIpc) is 2.19. The molecule has 0 unspecified atom stereocenters. The highest BCUT2D eigenvalue weighted by Gasteiger charge is 2.22. The average molecular weight is 314 g/mol. The lowest BCUT2D eigenvalue weighted by molar-refractivity contribution is 0.412. The Morgan fingerprint density at radius 2 is 2.18 bits per heavy atom. The van der Waals surface area contributed by atoms with E-state index >= 15 is 0 Å². The topological polar surface area (TPSA) is 21.3 Å². The van der Waals surface area contributed by atoms with Gasteiger partial charge in [0.1, 0.15) is 5.75 Å². The van der Waals surface area contributed by atoms with Crippen LogP contribution in [0, 0.1) is 12.8 Å². The molecule has 2 nitrogen and oxygen atoms in total. The second kappa shape index (κ2) is 5.36. The van der Waals surface area contributed by atoms with Gasteiger partial charge in [-0.25, -0.2) is 0 Å². The number of ether oxygens (including phenoxy) is 1. The van der Waals surface area contributed by atoms with E-state index in [1.165, 1.54) is 24.8 Å². The van der Waals surface area contributed by atoms with Crippen molar-refractivity contribution in [2.45, 2.75) is 26.2 Å². The summed E-state index contributed by atoms with van der Waals surface area (Å²) < 4.78 is 6.26. The van der Waals surface area contributed by atoms with Gasteiger partial charge >= 0.3 is 0 Å². The SMILES string of the molecule is COc1cc(NC(=S)C2CCC2)c(C)cc1Br. The van der Waals surface area contributed by atoms with Crippen molar-refractivity contribution in [3.63, 3.8) is 0 Å². The van der Waals surface area contributed by atoms with E-state index in [-0.39, 0.29) is 0 Å². The Morgan fingerprint density at radius 1 is 1.47 bits per heavy atom. The lowest BCUT2D eigenvalue weighted by atomic mass is 9.85. The van der Waals surface area contributed by atoms with Crippen molar-refractivity contribution in [1.82, 2.24) is 0 Å². The molecule has 0 saturated heterocycles. The highest BCUT2D eigenvalue weighted by Crippen LogP contribution is 2.33. The minimum Gasteiger partial charge on any atom is -0.495 e. The van der Waals surface area contributed by atoms with Gasteiger partial charge in [0.25, 0.3) is 0 Å². The Bertz CT molecular complexity index is 443. The molecule has 0 aromatic heterocycles. The molecule has 0 spiro atoms. The Morgan fingerprint density at radius 3 is 2.71 bits per heavy atom. The van der Waals surface area contributed by atoms with Crippen LogP contribution in [-0.2, 0) is 0 Å². The second-order valence-corrected chi connectivity index (χ2v) is 5.71. The molecule has 0 amide bonds. The van der Waals surface area contributed by atoms with Crippen LogP contribution in [0.3, 0.4) is 0 Å². The first-order valence-electron chi connectivity index (χ1n) is 5.77. The number of thiocarbonyl (C=S) groups is 1. The number of hydrogen-bond donors (Lipinski definition) is 1. The minimum absolute atomic E-state index is 0.569. The maximum atomic E-state index is 5.42. The van der Waals surface area contributed by atoms with E-state index in [4.69, 9.17) is 17.0 Å². The van der Waals surface area contributed by atoms with Crippen molar-refractivity contribution in [3.8, 4) is 5.75 Å². The molecule has 1 aliphatic carbocycles. The number of methoxy groups -OCH3 is 1. The number of anilines is 1. The molecule has 17 heavy (non-hydrogen) atoms. The van der Waals surface area contributed by atoms with Crippen molar-refractivity contribution >= 4 is 38.8 Å². The summed E-state index contributed by atoms with van der Waals surface area (Å²) in [5, 5.41) is 3.34. The summed E-state index contributed by atoms with van der Waals surface area (Å²) in [6.07, 6.45) is 3.74. The zero-order valence-corrected chi connectivity index (χ0v) is 12.5. The van der Waals surface area contributed by atoms with Crippen LogP contribution < -0.4 is 10.1 Å². The fourth-order valence-corrected chi connectivity index (χ4v) is 2.81. The molecule has 4 heteroatoms. The summed E-state index contributed by atoms with van der Waals surface area (Å²) in [5.41, 5.74) is 2.21. The molecule has 0 bridgehead atoms. The van der Waals surface area contributed by atoms with E-state index in [2.05, 4.69) is 28.2 Å². The van der Waals surface area contributed by atoms with Gasteiger partial charge in [-0.2, -0.15) is 0 Å². The second-order valence-electron chi connectivity index (χ2n) is 4.42. The zero-order valence-electron chi connectivity index (χ0n) is 10.0. The van der Waals surface area contributed by atoms with Crippen molar-refractivity contribution in [2.24, 2.45) is 5.92 Å². The summed E-state index contributed by atoms with van der Waals surface area (Å²) in [6, 6.07) is 4.04. The normalized spacial score (nSPS) is 15.2. The Balaban J connectivity index is 2.16. The first kappa shape index (κ1) is 12.8. The summed E-state index contributed by atoms with van der Waals surface area (Å²) in [7, 11) is 1.67. The molecule has 1 N–H and O–H groups in total. The molecule has 0 atom stereocenters. The maximum absolute atomic E-state index is 5.42. The first-order chi connectivity index (χ1) is 8.11. The van der Waals surface area contributed by atoms with Crippen LogP contribution in [-0.4, -0.2) is 12.1 Å². The fraction of sp³-hybridized carbons (Fsp3) is 0.462. The van der Waals surface area contributed by atoms with Crippen LogP contribution in [0.25, 0.3) is 0 Å². The highest BCUT2D eigenvalue weighted by atomic mass is 79.9. The monoisotopic (exact) mass is 313 g/mol. The van der Waals surface area contributed by atoms with Gasteiger partial charge in [-0.15, -0.1) is 0 Å². The van der Waals surface area contributed by atoms with Gasteiger partial charge < -0.3 is 10.1 Å². The zero-order chi connectivity index (χ0) is 12.4. The highest BCUT2D eigenvalue weighted by molar-refractivity contribution is 9.10. The molecule has 0 heterocycles. The van der Waals surface area contributed by atoms with Crippen LogP contribution in [0.2, 0.25) is 0 Å². The van der Waals surface area contributed by atoms with E-state index < -0.39 is 0 Å². The molecule has 92 valence electrons. The third-order valence-electron chi connectivity index (χ3n) is 3.23. The van der Waals surface area contributed by atoms with E-state index in [1.807, 2.05) is 12.1 Å². The Labute approximate surface area is 116 Å². The third-order valence-corrected chi connectivity index (χ3v) is 4.29. The Kier molecular flexibility index (Phi) is 4.05. The van der Waals surface area contributed by atoms with Crippen LogP contribution in [0.1, 0.15) is 24.8 Å². The first-order valence-corrected chi connectivity index (χ1v) is 6.97. The maximum Gasteiger partial charge on any atom is 0.135 e. The smallest absolute Gasteiger partial charge is 0.135 e. The van der Waals surface area contributed by atoms with E-state index in [9.17, 15) is 0 Å². The molecule has 2 rings (SSSR count). The number of aryl methyl sites for hydroxylation is 1. The largest absolute Gasteiger partial charge is 0.495 e. The summed E-state index contributed by atoms with van der Waals surface area (Å²) in [6.45, 7) is 2.07. The summed E-state index contributed by atoms with van der Waals surface area (Å²) in [4.78, 5) is 0.962. The van der Waals surface area contributed by atoms with Crippen LogP contribution in [0.4, 0.5) is 5.69 Å². The van der Waals surface area contributed by atoms with E-state index in [0.29, 0.717) is 5.92 Å². The van der Waals surface area contributed by atoms with Crippen LogP contribution in [0.5, 0.6) is 5.75 Å². The number of benzene rings is 1. The molecule has 1 fully saturated rings. The van der Waals surface area contributed by atoms with Gasteiger partial charge in [0.05, 0.1) is 16.6 Å². The lowest BCUT2D eigenvalue weighted by Crippen LogP contribution is -2.26. The van der Waals surface area contributed by atoms with Crippen molar-refractivity contribution in [2.75, 3.05) is 12.4 Å². The van der Waals surface area contributed by atoms with E-state index in [0.717, 1.165) is 20.9 Å². The molecule has 1 aliphatic rings. The molecule has 0 aliphatic heterocycles. The van der Waals surface area contributed by atoms with E-state index in [1.54, 1.807) is 7.11 Å². The number of rotatable bonds is 3. The predicted molar refractivity (Wildman–Crippen MR) is 79.0 cm³/mol. The van der Waals surface area contributed by atoms with Crippen LogP contribution in [0.15, 0.2) is 16.6 Å². The molecule has 0 radical (unpaired) electrons. The van der Waals surface area contributed by atoms with Crippen LogP contribution >= 0.6 is 28.1 Å². The number of hydrogen-bond acceptors (Lipinski definition) is 2. The third kappa shape index (κ3) is 2.80. The number of nitrogens with one attached hydrogen (secondary N) is 1. The standard InChI is InChI=1S/C13H16BrNOS/c1-8-6-10(14)12(16-2)7-11(8)15-13(17)9-4-3-5-9/h6-7,9H,3-5H2,1-2H3,(H,15,17). The number of halogens is 1. The fourth-order valence-electron chi connectivity index (χ4n) is 1.85. The molecular formula is C13H16BrNOS. The van der Waals surface area contributed by atoms with Gasteiger partial charge in [-0.05, 0) is 47.3 Å². The molecular weight excluding hydrogens is 298 g/mol. The van der Waals surface area contributed by atoms with Gasteiger partial charge in [-0.1, -0.05) is 18.6 Å². The van der Waals surface area contributed by atoms with Crippen molar-refractivity contribution in [3.05, 3.63) is 22.2 Å². The Hall–Kier alpha value is -0.610. The minimum atomic E-state index is 0.569.